The van der Waals surface area contributed by atoms with Crippen molar-refractivity contribution in [2.24, 2.45) is 22.7 Å². The van der Waals surface area contributed by atoms with Gasteiger partial charge in [-0.1, -0.05) is 45.3 Å². The van der Waals surface area contributed by atoms with E-state index in [2.05, 4.69) is 27.7 Å². The van der Waals surface area contributed by atoms with E-state index in [4.69, 9.17) is 8.60 Å². The van der Waals surface area contributed by atoms with E-state index in [1.807, 2.05) is 13.0 Å². The zero-order valence-corrected chi connectivity index (χ0v) is 20.6. The van der Waals surface area contributed by atoms with Crippen molar-refractivity contribution < 1.29 is 21.6 Å². The molecule has 1 fully saturated rings. The molecule has 0 spiro atoms. The highest BCUT2D eigenvalue weighted by Crippen LogP contribution is 2.60. The van der Waals surface area contributed by atoms with E-state index in [1.54, 1.807) is 12.5 Å². The van der Waals surface area contributed by atoms with Crippen LogP contribution in [0.4, 0.5) is 0 Å². The highest BCUT2D eigenvalue weighted by Gasteiger charge is 2.50. The van der Waals surface area contributed by atoms with E-state index >= 15 is 0 Å². The van der Waals surface area contributed by atoms with Crippen molar-refractivity contribution in [1.29, 1.82) is 0 Å². The fraction of sp³-hybridized carbons (Fsp3) is 0.760. The Hall–Kier alpha value is -1.11. The van der Waals surface area contributed by atoms with Gasteiger partial charge in [0.1, 0.15) is 0 Å². The van der Waals surface area contributed by atoms with Gasteiger partial charge in [0.15, 0.2) is 0 Å². The molecular weight excluding hydrogens is 412 g/mol. The summed E-state index contributed by atoms with van der Waals surface area (Å²) in [6.45, 7) is 11.4. The zero-order chi connectivity index (χ0) is 22.9. The van der Waals surface area contributed by atoms with Crippen molar-refractivity contribution in [1.82, 2.24) is 0 Å². The van der Waals surface area contributed by atoms with Gasteiger partial charge in [-0.05, 0) is 92.6 Å². The maximum Gasteiger partial charge on any atom is 0.397 e. The van der Waals surface area contributed by atoms with Crippen molar-refractivity contribution in [3.05, 3.63) is 35.3 Å². The summed E-state index contributed by atoms with van der Waals surface area (Å²) < 4.78 is 43.3. The molecular formula is C25H40O5S. The fourth-order valence-corrected chi connectivity index (χ4v) is 7.11. The molecule has 1 heterocycles. The van der Waals surface area contributed by atoms with Crippen LogP contribution in [0.15, 0.2) is 34.2 Å². The highest BCUT2D eigenvalue weighted by molar-refractivity contribution is 7.80. The molecule has 0 radical (unpaired) electrons. The first kappa shape index (κ1) is 24.5. The number of hydrogen-bond donors (Lipinski definition) is 1. The summed E-state index contributed by atoms with van der Waals surface area (Å²) in [7, 11) is -4.51. The van der Waals surface area contributed by atoms with E-state index < -0.39 is 16.5 Å². The van der Waals surface area contributed by atoms with Crippen LogP contribution in [0.25, 0.3) is 0 Å². The summed E-state index contributed by atoms with van der Waals surface area (Å²) in [5.74, 6) is 0.602. The summed E-state index contributed by atoms with van der Waals surface area (Å²) in [5, 5.41) is 0. The molecule has 6 heteroatoms. The van der Waals surface area contributed by atoms with Crippen LogP contribution in [-0.4, -0.2) is 19.1 Å². The van der Waals surface area contributed by atoms with Crippen LogP contribution in [-0.2, 0) is 21.0 Å². The lowest BCUT2D eigenvalue weighted by molar-refractivity contribution is 0.00425. The predicted molar refractivity (Wildman–Crippen MR) is 123 cm³/mol. The monoisotopic (exact) mass is 452 g/mol. The molecule has 2 aliphatic carbocycles. The van der Waals surface area contributed by atoms with Gasteiger partial charge in [-0.25, -0.2) is 4.18 Å². The topological polar surface area (TPSA) is 76.7 Å². The number of hydrogen-bond acceptors (Lipinski definition) is 4. The Bertz CT molecular complexity index is 868. The molecule has 0 saturated heterocycles. The molecule has 1 aromatic heterocycles. The summed E-state index contributed by atoms with van der Waals surface area (Å²) in [6.07, 6.45) is 11.9. The van der Waals surface area contributed by atoms with Gasteiger partial charge in [-0.2, -0.15) is 8.42 Å². The van der Waals surface area contributed by atoms with Gasteiger partial charge >= 0.3 is 10.4 Å². The SMILES string of the molecule is CC1=C(CC(OS(=O)(=O)O)C(C)CCCc2ccoc2)[C@@]2(C)CCCC(C)(C)[C@@H]2CC1. The Morgan fingerprint density at radius 2 is 2.03 bits per heavy atom. The van der Waals surface area contributed by atoms with Crippen molar-refractivity contribution in [2.75, 3.05) is 0 Å². The summed E-state index contributed by atoms with van der Waals surface area (Å²) in [5.41, 5.74) is 4.25. The zero-order valence-electron chi connectivity index (χ0n) is 19.8. The smallest absolute Gasteiger partial charge is 0.397 e. The minimum atomic E-state index is -4.51. The second-order valence-electron chi connectivity index (χ2n) is 10.9. The minimum absolute atomic E-state index is 0.00898. The minimum Gasteiger partial charge on any atom is -0.472 e. The molecule has 0 bridgehead atoms. The van der Waals surface area contributed by atoms with Gasteiger partial charge in [0, 0.05) is 0 Å². The third-order valence-corrected chi connectivity index (χ3v) is 8.72. The lowest BCUT2D eigenvalue weighted by Crippen LogP contribution is -2.46. The second kappa shape index (κ2) is 9.40. The Morgan fingerprint density at radius 3 is 2.68 bits per heavy atom. The molecule has 0 aliphatic heterocycles. The first-order chi connectivity index (χ1) is 14.4. The number of aryl methyl sites for hydroxylation is 1. The molecule has 2 aliphatic rings. The molecule has 0 amide bonds. The first-order valence-electron chi connectivity index (χ1n) is 11.8. The van der Waals surface area contributed by atoms with E-state index in [9.17, 15) is 13.0 Å². The van der Waals surface area contributed by atoms with Gasteiger partial charge in [0.2, 0.25) is 0 Å². The first-order valence-corrected chi connectivity index (χ1v) is 13.1. The van der Waals surface area contributed by atoms with Crippen LogP contribution in [0.1, 0.15) is 91.5 Å². The maximum atomic E-state index is 11.7. The van der Waals surface area contributed by atoms with Crippen LogP contribution < -0.4 is 0 Å². The lowest BCUT2D eigenvalue weighted by Gasteiger charge is -2.55. The molecule has 1 aromatic rings. The molecule has 5 nitrogen and oxygen atoms in total. The van der Waals surface area contributed by atoms with Crippen LogP contribution in [0.2, 0.25) is 0 Å². The van der Waals surface area contributed by atoms with Crippen LogP contribution in [0, 0.1) is 22.7 Å². The highest BCUT2D eigenvalue weighted by atomic mass is 32.3. The standard InChI is InChI=1S/C25H40O5S/c1-18-10-11-23-24(3,4)13-7-14-25(23,5)21(18)16-22(30-31(26,27)28)19(2)8-6-9-20-12-15-29-17-20/h12,15,17,19,22-23H,6-11,13-14,16H2,1-5H3,(H,26,27,28)/t19?,22?,23-,25+/m0/s1. The summed E-state index contributed by atoms with van der Waals surface area (Å²) in [4.78, 5) is 0. The summed E-state index contributed by atoms with van der Waals surface area (Å²) >= 11 is 0. The molecule has 1 N–H and O–H groups in total. The molecule has 2 unspecified atom stereocenters. The normalized spacial score (nSPS) is 28.3. The van der Waals surface area contributed by atoms with Crippen LogP contribution in [0.3, 0.4) is 0 Å². The van der Waals surface area contributed by atoms with Gasteiger partial charge < -0.3 is 4.42 Å². The van der Waals surface area contributed by atoms with E-state index in [-0.39, 0.29) is 16.7 Å². The van der Waals surface area contributed by atoms with Crippen molar-refractivity contribution in [3.8, 4) is 0 Å². The lowest BCUT2D eigenvalue weighted by atomic mass is 9.49. The number of allylic oxidation sites excluding steroid dienone is 1. The fourth-order valence-electron chi connectivity index (χ4n) is 6.54. The molecule has 176 valence electrons. The molecule has 1 saturated carbocycles. The third kappa shape index (κ3) is 5.82. The molecule has 4 atom stereocenters. The quantitative estimate of drug-likeness (QED) is 0.331. The van der Waals surface area contributed by atoms with Crippen molar-refractivity contribution in [3.63, 3.8) is 0 Å². The van der Waals surface area contributed by atoms with E-state index in [1.165, 1.54) is 30.4 Å². The number of fused-ring (bicyclic) bond motifs is 1. The Balaban J connectivity index is 1.78. The van der Waals surface area contributed by atoms with Crippen molar-refractivity contribution >= 4 is 10.4 Å². The van der Waals surface area contributed by atoms with E-state index in [0.717, 1.165) is 37.7 Å². The second-order valence-corrected chi connectivity index (χ2v) is 11.9. The van der Waals surface area contributed by atoms with Gasteiger partial charge in [-0.3, -0.25) is 4.55 Å². The average molecular weight is 453 g/mol. The third-order valence-electron chi connectivity index (χ3n) is 8.23. The van der Waals surface area contributed by atoms with Crippen molar-refractivity contribution in [2.45, 2.75) is 98.5 Å². The Labute approximate surface area is 188 Å². The number of rotatable bonds is 9. The van der Waals surface area contributed by atoms with Crippen LogP contribution in [0.5, 0.6) is 0 Å². The molecule has 31 heavy (non-hydrogen) atoms. The summed E-state index contributed by atoms with van der Waals surface area (Å²) in [6, 6.07) is 1.96. The largest absolute Gasteiger partial charge is 0.472 e. The Morgan fingerprint density at radius 1 is 1.29 bits per heavy atom. The van der Waals surface area contributed by atoms with Crippen LogP contribution >= 0.6 is 0 Å². The van der Waals surface area contributed by atoms with Gasteiger partial charge in [0.25, 0.3) is 0 Å². The molecule has 0 aromatic carbocycles. The average Bonchev–Trinajstić information content (AvgIpc) is 3.15. The predicted octanol–water partition coefficient (Wildman–Crippen LogP) is 6.76. The van der Waals surface area contributed by atoms with E-state index in [0.29, 0.717) is 12.3 Å². The Kier molecular flexibility index (Phi) is 7.44. The van der Waals surface area contributed by atoms with Gasteiger partial charge in [-0.15, -0.1) is 0 Å². The van der Waals surface area contributed by atoms with Gasteiger partial charge in [0.05, 0.1) is 18.6 Å². The molecule has 3 rings (SSSR count). The maximum absolute atomic E-state index is 11.7. The number of furan rings is 1.